The second kappa shape index (κ2) is 6.81. The number of imidazole rings is 1. The minimum atomic E-state index is -0.879. The van der Waals surface area contributed by atoms with Crippen LogP contribution in [-0.2, 0) is 16.1 Å². The van der Waals surface area contributed by atoms with Crippen molar-refractivity contribution in [2.24, 2.45) is 0 Å². The Balaban J connectivity index is 1.65. The Morgan fingerprint density at radius 2 is 2.24 bits per heavy atom. The normalized spacial score (nSPS) is 20.0. The third-order valence-electron chi connectivity index (χ3n) is 3.96. The number of phenols is 2. The van der Waals surface area contributed by atoms with Crippen LogP contribution in [0.1, 0.15) is 23.0 Å². The van der Waals surface area contributed by atoms with Crippen molar-refractivity contribution in [3.8, 4) is 11.5 Å². The van der Waals surface area contributed by atoms with E-state index in [1.165, 1.54) is 23.3 Å². The first-order valence-electron chi connectivity index (χ1n) is 7.74. The molecule has 1 aliphatic heterocycles. The summed E-state index contributed by atoms with van der Waals surface area (Å²) in [4.78, 5) is 37.1. The highest BCUT2D eigenvalue weighted by Crippen LogP contribution is 2.28. The summed E-state index contributed by atoms with van der Waals surface area (Å²) < 4.78 is 0. The van der Waals surface area contributed by atoms with Gasteiger partial charge in [-0.2, -0.15) is 0 Å². The van der Waals surface area contributed by atoms with Crippen LogP contribution >= 0.6 is 0 Å². The second-order valence-corrected chi connectivity index (χ2v) is 5.70. The molecule has 3 rings (SSSR count). The number of nitrogens with zero attached hydrogens (tertiary/aromatic N) is 2. The zero-order valence-corrected chi connectivity index (χ0v) is 13.5. The molecule has 0 unspecified atom stereocenters. The summed E-state index contributed by atoms with van der Waals surface area (Å²) in [6.45, 7) is 1.98. The van der Waals surface area contributed by atoms with Crippen LogP contribution in [0.4, 0.5) is 0 Å². The molecule has 1 aromatic heterocycles. The summed E-state index contributed by atoms with van der Waals surface area (Å²) in [6, 6.07) is 3.16. The van der Waals surface area contributed by atoms with Crippen molar-refractivity contribution in [2.45, 2.75) is 25.5 Å². The van der Waals surface area contributed by atoms with E-state index in [0.29, 0.717) is 13.0 Å². The van der Waals surface area contributed by atoms with Crippen LogP contribution in [0.3, 0.4) is 0 Å². The highest BCUT2D eigenvalue weighted by atomic mass is 16.7. The maximum atomic E-state index is 12.4. The molecule has 25 heavy (non-hydrogen) atoms. The lowest BCUT2D eigenvalue weighted by atomic mass is 10.1. The Hall–Kier alpha value is -3.07. The molecular formula is C16H18N4O5. The fourth-order valence-corrected chi connectivity index (χ4v) is 2.59. The SMILES string of the molecule is C[C@H]1ON(CCc2cnc[nH]2)C(=O)[C@H]1NC(=O)c1cccc(O)c1O. The topological polar surface area (TPSA) is 128 Å². The minimum Gasteiger partial charge on any atom is -0.504 e. The van der Waals surface area contributed by atoms with E-state index in [1.807, 2.05) is 0 Å². The van der Waals surface area contributed by atoms with Crippen molar-refractivity contribution in [2.75, 3.05) is 6.54 Å². The summed E-state index contributed by atoms with van der Waals surface area (Å²) in [5.41, 5.74) is 0.747. The molecule has 1 aliphatic rings. The Labute approximate surface area is 143 Å². The van der Waals surface area contributed by atoms with E-state index in [9.17, 15) is 19.8 Å². The molecule has 0 spiro atoms. The van der Waals surface area contributed by atoms with Crippen LogP contribution in [0, 0.1) is 0 Å². The third-order valence-corrected chi connectivity index (χ3v) is 3.96. The van der Waals surface area contributed by atoms with Crippen LogP contribution < -0.4 is 5.32 Å². The number of hydroxylamine groups is 2. The summed E-state index contributed by atoms with van der Waals surface area (Å²) in [5, 5.41) is 23.0. The van der Waals surface area contributed by atoms with Crippen LogP contribution in [0.2, 0.25) is 0 Å². The predicted molar refractivity (Wildman–Crippen MR) is 85.6 cm³/mol. The van der Waals surface area contributed by atoms with E-state index in [0.717, 1.165) is 5.69 Å². The van der Waals surface area contributed by atoms with Gasteiger partial charge >= 0.3 is 0 Å². The average Bonchev–Trinajstić information content (AvgIpc) is 3.19. The first kappa shape index (κ1) is 16.8. The van der Waals surface area contributed by atoms with Gasteiger partial charge in [-0.05, 0) is 19.1 Å². The molecule has 132 valence electrons. The second-order valence-electron chi connectivity index (χ2n) is 5.70. The molecule has 0 radical (unpaired) electrons. The van der Waals surface area contributed by atoms with Crippen LogP contribution in [0.15, 0.2) is 30.7 Å². The summed E-state index contributed by atoms with van der Waals surface area (Å²) in [6.07, 6.45) is 3.19. The number of aromatic nitrogens is 2. The molecule has 9 nitrogen and oxygen atoms in total. The molecule has 2 atom stereocenters. The number of hydrogen-bond acceptors (Lipinski definition) is 6. The van der Waals surface area contributed by atoms with E-state index in [1.54, 1.807) is 19.4 Å². The predicted octanol–water partition coefficient (Wildman–Crippen LogP) is 0.324. The van der Waals surface area contributed by atoms with Gasteiger partial charge < -0.3 is 20.5 Å². The maximum absolute atomic E-state index is 12.4. The molecule has 2 aromatic rings. The molecule has 9 heteroatoms. The smallest absolute Gasteiger partial charge is 0.271 e. The van der Waals surface area contributed by atoms with Crippen molar-refractivity contribution in [3.05, 3.63) is 42.0 Å². The number of carbonyl (C=O) groups is 2. The number of rotatable bonds is 5. The molecule has 1 aromatic carbocycles. The Kier molecular flexibility index (Phi) is 4.57. The number of hydrogen-bond donors (Lipinski definition) is 4. The largest absolute Gasteiger partial charge is 0.504 e. The molecule has 1 saturated heterocycles. The number of nitrogens with one attached hydrogen (secondary N) is 2. The summed E-state index contributed by atoms with van der Waals surface area (Å²) >= 11 is 0. The first-order chi connectivity index (χ1) is 12.0. The third kappa shape index (κ3) is 3.41. The highest BCUT2D eigenvalue weighted by molar-refractivity contribution is 6.00. The number of phenolic OH excluding ortho intramolecular Hbond substituents is 2. The molecule has 2 amide bonds. The number of benzene rings is 1. The van der Waals surface area contributed by atoms with Crippen molar-refractivity contribution in [3.63, 3.8) is 0 Å². The van der Waals surface area contributed by atoms with Crippen molar-refractivity contribution < 1.29 is 24.6 Å². The minimum absolute atomic E-state index is 0.115. The molecule has 4 N–H and O–H groups in total. The summed E-state index contributed by atoms with van der Waals surface area (Å²) in [7, 11) is 0. The van der Waals surface area contributed by atoms with Gasteiger partial charge in [-0.3, -0.25) is 14.4 Å². The monoisotopic (exact) mass is 346 g/mol. The fraction of sp³-hybridized carbons (Fsp3) is 0.312. The number of H-pyrrole nitrogens is 1. The number of amides is 2. The van der Waals surface area contributed by atoms with Gasteiger partial charge in [0.25, 0.3) is 11.8 Å². The number of carbonyl (C=O) groups excluding carboxylic acids is 2. The van der Waals surface area contributed by atoms with Gasteiger partial charge in [0.05, 0.1) is 18.4 Å². The lowest BCUT2D eigenvalue weighted by Crippen LogP contribution is -2.45. The van der Waals surface area contributed by atoms with Crippen LogP contribution in [-0.4, -0.2) is 55.7 Å². The van der Waals surface area contributed by atoms with Crippen LogP contribution in [0.5, 0.6) is 11.5 Å². The standard InChI is InChI=1S/C16H18N4O5/c1-9-13(19-15(23)11-3-2-4-12(21)14(11)22)16(24)20(25-9)6-5-10-7-17-8-18-10/h2-4,7-9,13,21-22H,5-6H2,1H3,(H,17,18)(H,19,23)/t9-,13+/m1/s1. The number of aromatic hydroxyl groups is 2. The highest BCUT2D eigenvalue weighted by Gasteiger charge is 2.40. The van der Waals surface area contributed by atoms with Crippen molar-refractivity contribution in [1.82, 2.24) is 20.3 Å². The van der Waals surface area contributed by atoms with Gasteiger partial charge in [0.1, 0.15) is 12.1 Å². The van der Waals surface area contributed by atoms with E-state index >= 15 is 0 Å². The maximum Gasteiger partial charge on any atom is 0.271 e. The van der Waals surface area contributed by atoms with E-state index < -0.39 is 29.6 Å². The molecule has 0 saturated carbocycles. The van der Waals surface area contributed by atoms with Gasteiger partial charge in [-0.1, -0.05) is 6.07 Å². The van der Waals surface area contributed by atoms with E-state index in [4.69, 9.17) is 4.84 Å². The average molecular weight is 346 g/mol. The van der Waals surface area contributed by atoms with E-state index in [-0.39, 0.29) is 11.5 Å². The number of para-hydroxylation sites is 1. The molecule has 1 fully saturated rings. The lowest BCUT2D eigenvalue weighted by Gasteiger charge is -2.14. The van der Waals surface area contributed by atoms with Gasteiger partial charge in [-0.15, -0.1) is 0 Å². The molecule has 0 aliphatic carbocycles. The van der Waals surface area contributed by atoms with Crippen LogP contribution in [0.25, 0.3) is 0 Å². The van der Waals surface area contributed by atoms with Gasteiger partial charge in [0, 0.05) is 18.3 Å². The Morgan fingerprint density at radius 3 is 2.96 bits per heavy atom. The number of aromatic amines is 1. The first-order valence-corrected chi connectivity index (χ1v) is 7.74. The van der Waals surface area contributed by atoms with Crippen molar-refractivity contribution >= 4 is 11.8 Å². The van der Waals surface area contributed by atoms with Gasteiger partial charge in [0.15, 0.2) is 11.5 Å². The zero-order chi connectivity index (χ0) is 18.0. The fourth-order valence-electron chi connectivity index (χ4n) is 2.59. The van der Waals surface area contributed by atoms with Gasteiger partial charge in [0.2, 0.25) is 0 Å². The molecule has 2 heterocycles. The quantitative estimate of drug-likeness (QED) is 0.578. The summed E-state index contributed by atoms with van der Waals surface area (Å²) in [5.74, 6) is -1.98. The lowest BCUT2D eigenvalue weighted by molar-refractivity contribution is -0.170. The van der Waals surface area contributed by atoms with Gasteiger partial charge in [-0.25, -0.2) is 10.0 Å². The van der Waals surface area contributed by atoms with Crippen molar-refractivity contribution in [1.29, 1.82) is 0 Å². The molecular weight excluding hydrogens is 328 g/mol. The Bertz CT molecular complexity index is 777. The Morgan fingerprint density at radius 1 is 1.44 bits per heavy atom. The molecule has 0 bridgehead atoms. The van der Waals surface area contributed by atoms with E-state index in [2.05, 4.69) is 15.3 Å². The zero-order valence-electron chi connectivity index (χ0n) is 13.5.